The molecule has 1 N–H and O–H groups in total. The lowest BCUT2D eigenvalue weighted by atomic mass is 10.4. The van der Waals surface area contributed by atoms with Crippen molar-refractivity contribution in [3.63, 3.8) is 0 Å². The molecule has 2 aromatic rings. The van der Waals surface area contributed by atoms with Gasteiger partial charge in [-0.25, -0.2) is 4.68 Å². The van der Waals surface area contributed by atoms with Gasteiger partial charge >= 0.3 is 0 Å². The lowest BCUT2D eigenvalue weighted by Crippen LogP contribution is -2.15. The number of aromatic nitrogens is 4. The van der Waals surface area contributed by atoms with E-state index in [0.717, 1.165) is 34.7 Å². The second-order valence-electron chi connectivity index (χ2n) is 5.00. The van der Waals surface area contributed by atoms with Crippen LogP contribution >= 0.6 is 24.0 Å². The predicted octanol–water partition coefficient (Wildman–Crippen LogP) is 3.12. The van der Waals surface area contributed by atoms with Crippen LogP contribution in [0.1, 0.15) is 25.5 Å². The summed E-state index contributed by atoms with van der Waals surface area (Å²) in [6.07, 6.45) is 4.78. The van der Waals surface area contributed by atoms with Crippen LogP contribution in [0, 0.1) is 11.7 Å². The smallest absolute Gasteiger partial charge is 0.179 e. The van der Waals surface area contributed by atoms with Crippen molar-refractivity contribution in [2.75, 3.05) is 6.26 Å². The minimum absolute atomic E-state index is 0.407. The van der Waals surface area contributed by atoms with Crippen LogP contribution < -0.4 is 0 Å². The van der Waals surface area contributed by atoms with E-state index < -0.39 is 0 Å². The number of hydrogen-bond donors (Lipinski definition) is 1. The molecule has 0 radical (unpaired) electrons. The highest BCUT2D eigenvalue weighted by Gasteiger charge is 2.42. The number of aryl methyl sites for hydroxylation is 2. The molecule has 98 valence electrons. The van der Waals surface area contributed by atoms with E-state index in [1.165, 1.54) is 12.8 Å². The Hall–Kier alpha value is -0.750. The van der Waals surface area contributed by atoms with Crippen molar-refractivity contribution in [1.29, 1.82) is 0 Å². The van der Waals surface area contributed by atoms with Gasteiger partial charge < -0.3 is 9.55 Å². The van der Waals surface area contributed by atoms with Crippen molar-refractivity contribution in [2.24, 2.45) is 0 Å². The van der Waals surface area contributed by atoms with Gasteiger partial charge in [-0.15, -0.1) is 0 Å². The molecule has 1 aliphatic rings. The van der Waals surface area contributed by atoms with E-state index in [4.69, 9.17) is 12.2 Å². The minimum atomic E-state index is 0.407. The number of hydrogen-bond acceptors (Lipinski definition) is 3. The Morgan fingerprint density at radius 3 is 2.78 bits per heavy atom. The van der Waals surface area contributed by atoms with Crippen molar-refractivity contribution in [3.8, 4) is 0 Å². The minimum Gasteiger partial charge on any atom is -0.328 e. The van der Waals surface area contributed by atoms with Gasteiger partial charge in [0.05, 0.1) is 5.69 Å². The molecule has 1 saturated carbocycles. The van der Waals surface area contributed by atoms with Crippen LogP contribution in [0.4, 0.5) is 0 Å². The topological polar surface area (TPSA) is 38.5 Å². The SMILES string of the molecule is CCn1nc(C)c2[nH]c(=S)n(CC3(SC)CC3)c21. The largest absolute Gasteiger partial charge is 0.328 e. The maximum atomic E-state index is 5.47. The van der Waals surface area contributed by atoms with Crippen LogP contribution in [0.3, 0.4) is 0 Å². The number of H-pyrrole nitrogens is 1. The quantitative estimate of drug-likeness (QED) is 0.876. The number of nitrogens with zero attached hydrogens (tertiary/aromatic N) is 3. The summed E-state index contributed by atoms with van der Waals surface area (Å²) >= 11 is 7.44. The standard InChI is InChI=1S/C12H18N4S2/c1-4-16-10-9(8(2)14-16)13-11(17)15(10)7-12(18-3)5-6-12/h4-7H2,1-3H3,(H,13,17). The Bertz CT molecular complexity index is 645. The molecule has 2 aromatic heterocycles. The maximum Gasteiger partial charge on any atom is 0.179 e. The third-order valence-electron chi connectivity index (χ3n) is 3.82. The molecule has 0 aliphatic heterocycles. The Balaban J connectivity index is 2.15. The van der Waals surface area contributed by atoms with E-state index in [9.17, 15) is 0 Å². The molecule has 6 heteroatoms. The number of imidazole rings is 1. The third kappa shape index (κ3) is 1.73. The fourth-order valence-corrected chi connectivity index (χ4v) is 3.50. The second kappa shape index (κ2) is 4.13. The summed E-state index contributed by atoms with van der Waals surface area (Å²) in [7, 11) is 0. The Morgan fingerprint density at radius 1 is 1.50 bits per heavy atom. The van der Waals surface area contributed by atoms with Gasteiger partial charge in [-0.05, 0) is 45.2 Å². The van der Waals surface area contributed by atoms with Gasteiger partial charge in [0.25, 0.3) is 0 Å². The van der Waals surface area contributed by atoms with Crippen molar-refractivity contribution >= 4 is 35.1 Å². The van der Waals surface area contributed by atoms with E-state index in [0.29, 0.717) is 4.75 Å². The number of rotatable bonds is 4. The summed E-state index contributed by atoms with van der Waals surface area (Å²) in [4.78, 5) is 3.31. The summed E-state index contributed by atoms with van der Waals surface area (Å²) in [6.45, 7) is 6.03. The molecule has 0 saturated heterocycles. The van der Waals surface area contributed by atoms with E-state index in [2.05, 4.69) is 27.8 Å². The first kappa shape index (κ1) is 12.3. The van der Waals surface area contributed by atoms with Crippen LogP contribution in [0.25, 0.3) is 11.2 Å². The normalized spacial score (nSPS) is 17.5. The fraction of sp³-hybridized carbons (Fsp3) is 0.667. The average Bonchev–Trinajstić information content (AvgIpc) is 2.98. The molecule has 0 atom stereocenters. The first-order chi connectivity index (χ1) is 8.60. The molecule has 0 unspecified atom stereocenters. The van der Waals surface area contributed by atoms with E-state index in [-0.39, 0.29) is 0 Å². The molecule has 0 amide bonds. The zero-order valence-electron chi connectivity index (χ0n) is 11.0. The van der Waals surface area contributed by atoms with Crippen LogP contribution in [-0.4, -0.2) is 30.3 Å². The van der Waals surface area contributed by atoms with Gasteiger partial charge in [-0.1, -0.05) is 0 Å². The zero-order valence-corrected chi connectivity index (χ0v) is 12.6. The van der Waals surface area contributed by atoms with Crippen LogP contribution in [0.2, 0.25) is 0 Å². The van der Waals surface area contributed by atoms with Crippen LogP contribution in [0.15, 0.2) is 0 Å². The summed E-state index contributed by atoms with van der Waals surface area (Å²) in [5.74, 6) is 0. The highest BCUT2D eigenvalue weighted by molar-refractivity contribution is 8.00. The molecule has 0 aromatic carbocycles. The molecular weight excluding hydrogens is 264 g/mol. The second-order valence-corrected chi connectivity index (χ2v) is 6.66. The van der Waals surface area contributed by atoms with Crippen molar-refractivity contribution in [3.05, 3.63) is 10.5 Å². The average molecular weight is 282 g/mol. The summed E-state index contributed by atoms with van der Waals surface area (Å²) in [6, 6.07) is 0. The van der Waals surface area contributed by atoms with Crippen LogP contribution in [0.5, 0.6) is 0 Å². The molecule has 3 rings (SSSR count). The number of aromatic amines is 1. The van der Waals surface area contributed by atoms with Gasteiger partial charge in [0.1, 0.15) is 5.52 Å². The van der Waals surface area contributed by atoms with Gasteiger partial charge in [-0.2, -0.15) is 16.9 Å². The lowest BCUT2D eigenvalue weighted by molar-refractivity contribution is 0.610. The Labute approximate surface area is 116 Å². The first-order valence-corrected chi connectivity index (χ1v) is 7.94. The molecule has 0 spiro atoms. The third-order valence-corrected chi connectivity index (χ3v) is 5.55. The highest BCUT2D eigenvalue weighted by atomic mass is 32.2. The molecule has 1 aliphatic carbocycles. The molecule has 2 heterocycles. The zero-order chi connectivity index (χ0) is 12.9. The van der Waals surface area contributed by atoms with Gasteiger partial charge in [0.15, 0.2) is 10.4 Å². The predicted molar refractivity (Wildman–Crippen MR) is 78.8 cm³/mol. The van der Waals surface area contributed by atoms with E-state index in [1.54, 1.807) is 0 Å². The van der Waals surface area contributed by atoms with Crippen molar-refractivity contribution in [1.82, 2.24) is 19.3 Å². The Morgan fingerprint density at radius 2 is 2.22 bits per heavy atom. The lowest BCUT2D eigenvalue weighted by Gasteiger charge is -2.13. The Kier molecular flexibility index (Phi) is 2.82. The van der Waals surface area contributed by atoms with Crippen LogP contribution in [-0.2, 0) is 13.1 Å². The summed E-state index contributed by atoms with van der Waals surface area (Å²) in [5, 5.41) is 4.56. The molecule has 4 nitrogen and oxygen atoms in total. The van der Waals surface area contributed by atoms with Gasteiger partial charge in [-0.3, -0.25) is 0 Å². The van der Waals surface area contributed by atoms with E-state index in [1.807, 2.05) is 23.4 Å². The highest BCUT2D eigenvalue weighted by Crippen LogP contribution is 2.48. The molecule has 1 fully saturated rings. The monoisotopic (exact) mass is 282 g/mol. The van der Waals surface area contributed by atoms with E-state index >= 15 is 0 Å². The van der Waals surface area contributed by atoms with Crippen molar-refractivity contribution < 1.29 is 0 Å². The number of thioether (sulfide) groups is 1. The summed E-state index contributed by atoms with van der Waals surface area (Å²) in [5.41, 5.74) is 3.28. The van der Waals surface area contributed by atoms with Gasteiger partial charge in [0.2, 0.25) is 0 Å². The first-order valence-electron chi connectivity index (χ1n) is 6.31. The number of nitrogens with one attached hydrogen (secondary N) is 1. The molecule has 0 bridgehead atoms. The fourth-order valence-electron chi connectivity index (χ4n) is 2.48. The molecular formula is C12H18N4S2. The summed E-state index contributed by atoms with van der Waals surface area (Å²) < 4.78 is 5.52. The number of fused-ring (bicyclic) bond motifs is 1. The maximum absolute atomic E-state index is 5.47. The van der Waals surface area contributed by atoms with Gasteiger partial charge in [0, 0.05) is 17.8 Å². The van der Waals surface area contributed by atoms with Crippen molar-refractivity contribution in [2.45, 2.75) is 44.5 Å². The molecule has 18 heavy (non-hydrogen) atoms.